The van der Waals surface area contributed by atoms with Crippen molar-refractivity contribution in [3.63, 3.8) is 0 Å². The third kappa shape index (κ3) is 3.07. The summed E-state index contributed by atoms with van der Waals surface area (Å²) in [4.78, 5) is 14.9. The van der Waals surface area contributed by atoms with Crippen LogP contribution < -0.4 is 0 Å². The van der Waals surface area contributed by atoms with E-state index < -0.39 is 5.97 Å². The fraction of sp³-hybridized carbons (Fsp3) is 0.176. The number of nitrogens with zero attached hydrogens (tertiary/aromatic N) is 2. The van der Waals surface area contributed by atoms with Gasteiger partial charge in [0.25, 0.3) is 0 Å². The molecule has 0 aliphatic rings. The summed E-state index contributed by atoms with van der Waals surface area (Å²) >= 11 is 0. The SMILES string of the molecule is COC(=O)C(=[N+]=[N-])c1ccccc1-c1cc(C)cc(C)c1. The Labute approximate surface area is 123 Å². The molecule has 0 amide bonds. The number of hydrogen-bond acceptors (Lipinski definition) is 2. The third-order valence-electron chi connectivity index (χ3n) is 3.19. The molecule has 0 aliphatic carbocycles. The minimum atomic E-state index is -0.672. The number of esters is 1. The zero-order valence-electron chi connectivity index (χ0n) is 12.3. The lowest BCUT2D eigenvalue weighted by Gasteiger charge is -2.08. The van der Waals surface area contributed by atoms with E-state index in [0.717, 1.165) is 22.3 Å². The molecule has 4 nitrogen and oxygen atoms in total. The van der Waals surface area contributed by atoms with Gasteiger partial charge in [0.2, 0.25) is 0 Å². The molecule has 0 aliphatic heterocycles. The minimum absolute atomic E-state index is 0.104. The molecular weight excluding hydrogens is 264 g/mol. The van der Waals surface area contributed by atoms with E-state index in [4.69, 9.17) is 5.53 Å². The standard InChI is InChI=1S/C17H16N2O2/c1-11-8-12(2)10-13(9-11)14-6-4-5-7-15(14)16(19-18)17(20)21-3/h4-10H,1-3H3. The molecule has 106 valence electrons. The quantitative estimate of drug-likeness (QED) is 0.375. The molecule has 4 heteroatoms. The molecule has 0 aromatic heterocycles. The van der Waals surface area contributed by atoms with Gasteiger partial charge in [-0.05, 0) is 31.0 Å². The summed E-state index contributed by atoms with van der Waals surface area (Å²) in [6.45, 7) is 4.03. The van der Waals surface area contributed by atoms with Gasteiger partial charge in [-0.25, -0.2) is 4.79 Å². The zero-order valence-corrected chi connectivity index (χ0v) is 12.3. The molecule has 0 heterocycles. The summed E-state index contributed by atoms with van der Waals surface area (Å²) in [6.07, 6.45) is 0. The van der Waals surface area contributed by atoms with Crippen LogP contribution in [0.2, 0.25) is 0 Å². The van der Waals surface area contributed by atoms with Gasteiger partial charge in [0.05, 0.1) is 12.7 Å². The van der Waals surface area contributed by atoms with E-state index in [1.54, 1.807) is 12.1 Å². The molecule has 0 N–H and O–H groups in total. The van der Waals surface area contributed by atoms with Crippen LogP contribution in [0.3, 0.4) is 0 Å². The Morgan fingerprint density at radius 1 is 1.10 bits per heavy atom. The predicted octanol–water partition coefficient (Wildman–Crippen LogP) is 3.16. The minimum Gasteiger partial charge on any atom is -0.460 e. The van der Waals surface area contributed by atoms with Crippen LogP contribution in [0.15, 0.2) is 42.5 Å². The van der Waals surface area contributed by atoms with Gasteiger partial charge in [0, 0.05) is 0 Å². The van der Waals surface area contributed by atoms with Crippen molar-refractivity contribution in [1.82, 2.24) is 0 Å². The van der Waals surface area contributed by atoms with Crippen LogP contribution in [0.25, 0.3) is 16.7 Å². The van der Waals surface area contributed by atoms with Crippen LogP contribution in [-0.4, -0.2) is 23.6 Å². The van der Waals surface area contributed by atoms with Crippen molar-refractivity contribution in [3.05, 3.63) is 64.7 Å². The van der Waals surface area contributed by atoms with Gasteiger partial charge >= 0.3 is 11.7 Å². The van der Waals surface area contributed by atoms with Gasteiger partial charge in [-0.2, -0.15) is 4.79 Å². The Kier molecular flexibility index (Phi) is 4.31. The van der Waals surface area contributed by atoms with Crippen molar-refractivity contribution in [3.8, 4) is 11.1 Å². The third-order valence-corrected chi connectivity index (χ3v) is 3.19. The number of ether oxygens (including phenoxy) is 1. The highest BCUT2D eigenvalue weighted by Gasteiger charge is 2.26. The van der Waals surface area contributed by atoms with E-state index in [0.29, 0.717) is 5.56 Å². The largest absolute Gasteiger partial charge is 0.460 e. The van der Waals surface area contributed by atoms with E-state index in [9.17, 15) is 4.79 Å². The van der Waals surface area contributed by atoms with Crippen molar-refractivity contribution in [1.29, 1.82) is 0 Å². The second-order valence-electron chi connectivity index (χ2n) is 4.86. The molecule has 2 rings (SSSR count). The van der Waals surface area contributed by atoms with Crippen molar-refractivity contribution in [2.24, 2.45) is 0 Å². The maximum atomic E-state index is 11.7. The molecule has 0 unspecified atom stereocenters. The summed E-state index contributed by atoms with van der Waals surface area (Å²) in [7, 11) is 1.26. The maximum Gasteiger partial charge on any atom is 0.422 e. The monoisotopic (exact) mass is 280 g/mol. The first-order valence-electron chi connectivity index (χ1n) is 6.55. The van der Waals surface area contributed by atoms with Gasteiger partial charge in [-0.15, -0.1) is 0 Å². The van der Waals surface area contributed by atoms with Gasteiger partial charge in [-0.1, -0.05) is 47.5 Å². The molecular formula is C17H16N2O2. The molecule has 0 bridgehead atoms. The summed E-state index contributed by atoms with van der Waals surface area (Å²) in [6, 6.07) is 13.4. The number of carbonyl (C=O) groups excluding carboxylic acids is 1. The van der Waals surface area contributed by atoms with Crippen molar-refractivity contribution < 1.29 is 14.3 Å². The Morgan fingerprint density at radius 2 is 1.71 bits per heavy atom. The van der Waals surface area contributed by atoms with E-state index in [1.807, 2.05) is 38.1 Å². The number of carbonyl (C=O) groups is 1. The van der Waals surface area contributed by atoms with E-state index in [-0.39, 0.29) is 5.71 Å². The Bertz CT molecular complexity index is 724. The first kappa shape index (κ1) is 14.7. The summed E-state index contributed by atoms with van der Waals surface area (Å²) < 4.78 is 4.67. The van der Waals surface area contributed by atoms with Gasteiger partial charge in [0.15, 0.2) is 0 Å². The average molecular weight is 280 g/mol. The second-order valence-corrected chi connectivity index (χ2v) is 4.86. The normalized spacial score (nSPS) is 9.86. The average Bonchev–Trinajstić information content (AvgIpc) is 2.47. The first-order chi connectivity index (χ1) is 10.1. The van der Waals surface area contributed by atoms with Crippen molar-refractivity contribution in [2.45, 2.75) is 13.8 Å². The Balaban J connectivity index is 2.66. The van der Waals surface area contributed by atoms with E-state index in [1.165, 1.54) is 7.11 Å². The molecule has 0 radical (unpaired) electrons. The molecule has 0 saturated carbocycles. The van der Waals surface area contributed by atoms with Crippen LogP contribution in [-0.2, 0) is 9.53 Å². The van der Waals surface area contributed by atoms with Crippen molar-refractivity contribution >= 4 is 11.7 Å². The number of methoxy groups -OCH3 is 1. The molecule has 0 spiro atoms. The van der Waals surface area contributed by atoms with E-state index in [2.05, 4.69) is 15.6 Å². The van der Waals surface area contributed by atoms with Crippen LogP contribution in [0.5, 0.6) is 0 Å². The van der Waals surface area contributed by atoms with Crippen LogP contribution in [0.4, 0.5) is 0 Å². The van der Waals surface area contributed by atoms with Gasteiger partial charge < -0.3 is 10.3 Å². The molecule has 0 fully saturated rings. The van der Waals surface area contributed by atoms with E-state index >= 15 is 0 Å². The molecule has 2 aromatic carbocycles. The molecule has 21 heavy (non-hydrogen) atoms. The summed E-state index contributed by atoms with van der Waals surface area (Å²) in [5, 5.41) is 0. The molecule has 0 saturated heterocycles. The fourth-order valence-corrected chi connectivity index (χ4v) is 2.37. The van der Waals surface area contributed by atoms with Crippen LogP contribution in [0, 0.1) is 13.8 Å². The van der Waals surface area contributed by atoms with Gasteiger partial charge in [0.1, 0.15) is 0 Å². The van der Waals surface area contributed by atoms with Gasteiger partial charge in [-0.3, -0.25) is 0 Å². The topological polar surface area (TPSA) is 62.7 Å². The zero-order chi connectivity index (χ0) is 15.4. The Morgan fingerprint density at radius 3 is 2.29 bits per heavy atom. The number of hydrogen-bond donors (Lipinski definition) is 0. The smallest absolute Gasteiger partial charge is 0.422 e. The highest BCUT2D eigenvalue weighted by Crippen LogP contribution is 2.26. The second kappa shape index (κ2) is 6.16. The summed E-state index contributed by atoms with van der Waals surface area (Å²) in [5.41, 5.74) is 13.6. The predicted molar refractivity (Wildman–Crippen MR) is 81.1 cm³/mol. The Hall–Kier alpha value is -2.71. The number of benzene rings is 2. The van der Waals surface area contributed by atoms with Crippen LogP contribution in [0.1, 0.15) is 16.7 Å². The molecule has 2 aromatic rings. The fourth-order valence-electron chi connectivity index (χ4n) is 2.37. The lowest BCUT2D eigenvalue weighted by Crippen LogP contribution is -2.19. The number of rotatable bonds is 3. The summed E-state index contributed by atoms with van der Waals surface area (Å²) in [5.74, 6) is -0.672. The molecule has 0 atom stereocenters. The van der Waals surface area contributed by atoms with Crippen molar-refractivity contribution in [2.75, 3.05) is 7.11 Å². The van der Waals surface area contributed by atoms with Crippen LogP contribution >= 0.6 is 0 Å². The lowest BCUT2D eigenvalue weighted by atomic mass is 9.94. The maximum absolute atomic E-state index is 11.7. The highest BCUT2D eigenvalue weighted by molar-refractivity contribution is 6.42. The number of aryl methyl sites for hydroxylation is 2. The highest BCUT2D eigenvalue weighted by atomic mass is 16.5. The first-order valence-corrected chi connectivity index (χ1v) is 6.55. The lowest BCUT2D eigenvalue weighted by molar-refractivity contribution is -0.137.